The molecular weight excluding hydrogens is 434 g/mol. The maximum atomic E-state index is 12.7. The Kier molecular flexibility index (Phi) is 6.55. The standard InChI is InChI=1S/C25H29N5O4/c31-23(28-11-16-6-9-30(14-16)25(33)18-7-10-34-15-18)17-1-3-20(4-2-17)29-24(32)22-21-5-8-26-12-19(21)13-27-22/h1-5,8,12,16,18,22,27H,6-7,9-11,13-15H2,(H,28,31)(H,29,32). The van der Waals surface area contributed by atoms with E-state index in [-0.39, 0.29) is 29.6 Å². The number of benzene rings is 1. The molecule has 3 amide bonds. The molecule has 34 heavy (non-hydrogen) atoms. The minimum absolute atomic E-state index is 0.0106. The predicted molar refractivity (Wildman–Crippen MR) is 125 cm³/mol. The summed E-state index contributed by atoms with van der Waals surface area (Å²) in [5.41, 5.74) is 3.12. The van der Waals surface area contributed by atoms with Gasteiger partial charge in [-0.2, -0.15) is 0 Å². The Morgan fingerprint density at radius 2 is 2.00 bits per heavy atom. The van der Waals surface area contributed by atoms with E-state index in [2.05, 4.69) is 20.9 Å². The van der Waals surface area contributed by atoms with E-state index in [0.29, 0.717) is 44.1 Å². The molecule has 1 aromatic carbocycles. The third kappa shape index (κ3) is 4.80. The summed E-state index contributed by atoms with van der Waals surface area (Å²) in [7, 11) is 0. The number of anilines is 1. The summed E-state index contributed by atoms with van der Waals surface area (Å²) in [6.07, 6.45) is 5.15. The molecule has 5 rings (SSSR count). The second-order valence-electron chi connectivity index (χ2n) is 9.16. The number of fused-ring (bicyclic) bond motifs is 1. The molecule has 3 aliphatic rings. The molecule has 0 aliphatic carbocycles. The zero-order valence-electron chi connectivity index (χ0n) is 19.0. The van der Waals surface area contributed by atoms with Gasteiger partial charge in [0.05, 0.1) is 12.5 Å². The lowest BCUT2D eigenvalue weighted by Gasteiger charge is -2.20. The molecule has 2 aromatic rings. The Labute approximate surface area is 198 Å². The van der Waals surface area contributed by atoms with Gasteiger partial charge in [0.2, 0.25) is 11.8 Å². The van der Waals surface area contributed by atoms with Crippen molar-refractivity contribution in [2.75, 3.05) is 38.2 Å². The first kappa shape index (κ1) is 22.5. The van der Waals surface area contributed by atoms with Crippen molar-refractivity contribution in [2.45, 2.75) is 25.4 Å². The van der Waals surface area contributed by atoms with Crippen LogP contribution < -0.4 is 16.0 Å². The monoisotopic (exact) mass is 463 g/mol. The molecule has 9 heteroatoms. The van der Waals surface area contributed by atoms with Crippen LogP contribution in [0.15, 0.2) is 42.7 Å². The molecule has 3 aliphatic heterocycles. The number of nitrogens with one attached hydrogen (secondary N) is 3. The fourth-order valence-electron chi connectivity index (χ4n) is 4.87. The van der Waals surface area contributed by atoms with Crippen LogP contribution in [0.4, 0.5) is 5.69 Å². The van der Waals surface area contributed by atoms with E-state index in [0.717, 1.165) is 30.5 Å². The summed E-state index contributed by atoms with van der Waals surface area (Å²) >= 11 is 0. The highest BCUT2D eigenvalue weighted by Crippen LogP contribution is 2.26. The Morgan fingerprint density at radius 1 is 1.15 bits per heavy atom. The van der Waals surface area contributed by atoms with Gasteiger partial charge in [-0.3, -0.25) is 24.7 Å². The number of hydrogen-bond donors (Lipinski definition) is 3. The van der Waals surface area contributed by atoms with Gasteiger partial charge in [0.1, 0.15) is 6.04 Å². The molecule has 3 atom stereocenters. The predicted octanol–water partition coefficient (Wildman–Crippen LogP) is 1.48. The van der Waals surface area contributed by atoms with Gasteiger partial charge in [0, 0.05) is 56.4 Å². The van der Waals surface area contributed by atoms with Crippen molar-refractivity contribution in [3.05, 3.63) is 59.4 Å². The lowest BCUT2D eigenvalue weighted by molar-refractivity contribution is -0.134. The fourth-order valence-corrected chi connectivity index (χ4v) is 4.87. The summed E-state index contributed by atoms with van der Waals surface area (Å²) < 4.78 is 5.33. The van der Waals surface area contributed by atoms with Gasteiger partial charge in [-0.05, 0) is 60.2 Å². The molecule has 0 spiro atoms. The number of nitrogens with zero attached hydrogens (tertiary/aromatic N) is 2. The normalized spacial score (nSPS) is 23.5. The van der Waals surface area contributed by atoms with Gasteiger partial charge in [0.15, 0.2) is 0 Å². The van der Waals surface area contributed by atoms with Crippen LogP contribution in [0.25, 0.3) is 0 Å². The molecule has 0 radical (unpaired) electrons. The number of ether oxygens (including phenoxy) is 1. The highest BCUT2D eigenvalue weighted by molar-refractivity contribution is 5.98. The van der Waals surface area contributed by atoms with Gasteiger partial charge in [-0.1, -0.05) is 0 Å². The molecular formula is C25H29N5O4. The van der Waals surface area contributed by atoms with Gasteiger partial charge in [0.25, 0.3) is 5.91 Å². The first-order chi connectivity index (χ1) is 16.6. The minimum atomic E-state index is -0.417. The minimum Gasteiger partial charge on any atom is -0.381 e. The van der Waals surface area contributed by atoms with Crippen LogP contribution in [0.1, 0.15) is 40.4 Å². The van der Waals surface area contributed by atoms with E-state index in [9.17, 15) is 14.4 Å². The van der Waals surface area contributed by atoms with E-state index < -0.39 is 6.04 Å². The van der Waals surface area contributed by atoms with E-state index in [4.69, 9.17) is 4.74 Å². The van der Waals surface area contributed by atoms with E-state index in [1.165, 1.54) is 0 Å². The van der Waals surface area contributed by atoms with Crippen LogP contribution in [0.3, 0.4) is 0 Å². The fraction of sp³-hybridized carbons (Fsp3) is 0.440. The highest BCUT2D eigenvalue weighted by atomic mass is 16.5. The van der Waals surface area contributed by atoms with Crippen molar-refractivity contribution < 1.29 is 19.1 Å². The molecule has 9 nitrogen and oxygen atoms in total. The third-order valence-corrected chi connectivity index (χ3v) is 6.85. The number of likely N-dealkylation sites (tertiary alicyclic amines) is 1. The second-order valence-corrected chi connectivity index (χ2v) is 9.16. The Hall–Kier alpha value is -3.30. The molecule has 2 saturated heterocycles. The zero-order valence-corrected chi connectivity index (χ0v) is 19.0. The average Bonchev–Trinajstić information content (AvgIpc) is 3.63. The van der Waals surface area contributed by atoms with E-state index in [1.54, 1.807) is 36.7 Å². The molecule has 2 fully saturated rings. The number of pyridine rings is 1. The number of hydrogen-bond acceptors (Lipinski definition) is 6. The molecule has 3 unspecified atom stereocenters. The van der Waals surface area contributed by atoms with Gasteiger partial charge >= 0.3 is 0 Å². The van der Waals surface area contributed by atoms with Crippen LogP contribution >= 0.6 is 0 Å². The van der Waals surface area contributed by atoms with Crippen molar-refractivity contribution in [3.63, 3.8) is 0 Å². The molecule has 0 saturated carbocycles. The SMILES string of the molecule is O=C(NCC1CCN(C(=O)C2CCOC2)C1)c1ccc(NC(=O)C2NCc3cnccc32)cc1. The third-order valence-electron chi connectivity index (χ3n) is 6.85. The maximum absolute atomic E-state index is 12.7. The lowest BCUT2D eigenvalue weighted by atomic mass is 10.1. The van der Waals surface area contributed by atoms with Crippen molar-refractivity contribution in [1.29, 1.82) is 0 Å². The summed E-state index contributed by atoms with van der Waals surface area (Å²) in [4.78, 5) is 43.8. The van der Waals surface area contributed by atoms with Crippen LogP contribution in [-0.4, -0.2) is 60.5 Å². The van der Waals surface area contributed by atoms with Crippen molar-refractivity contribution in [1.82, 2.24) is 20.5 Å². The van der Waals surface area contributed by atoms with Crippen LogP contribution in [0.2, 0.25) is 0 Å². The summed E-state index contributed by atoms with van der Waals surface area (Å²) in [6, 6.07) is 8.31. The summed E-state index contributed by atoms with van der Waals surface area (Å²) in [5.74, 6) is 0.114. The molecule has 1 aromatic heterocycles. The number of rotatable bonds is 6. The van der Waals surface area contributed by atoms with E-state index in [1.807, 2.05) is 11.0 Å². The van der Waals surface area contributed by atoms with Crippen LogP contribution in [0, 0.1) is 11.8 Å². The Morgan fingerprint density at radius 3 is 2.79 bits per heavy atom. The number of carbonyl (C=O) groups is 3. The maximum Gasteiger partial charge on any atom is 0.251 e. The highest BCUT2D eigenvalue weighted by Gasteiger charge is 2.33. The molecule has 4 heterocycles. The second kappa shape index (κ2) is 9.90. The smallest absolute Gasteiger partial charge is 0.251 e. The summed E-state index contributed by atoms with van der Waals surface area (Å²) in [5, 5.41) is 9.08. The van der Waals surface area contributed by atoms with Crippen LogP contribution in [-0.2, 0) is 20.9 Å². The Bertz CT molecular complexity index is 1070. The van der Waals surface area contributed by atoms with Gasteiger partial charge < -0.3 is 20.3 Å². The number of amides is 3. The van der Waals surface area contributed by atoms with Crippen LogP contribution in [0.5, 0.6) is 0 Å². The topological polar surface area (TPSA) is 113 Å². The van der Waals surface area contributed by atoms with Crippen molar-refractivity contribution >= 4 is 23.4 Å². The van der Waals surface area contributed by atoms with Crippen molar-refractivity contribution in [3.8, 4) is 0 Å². The average molecular weight is 464 g/mol. The first-order valence-corrected chi connectivity index (χ1v) is 11.8. The number of carbonyl (C=O) groups excluding carboxylic acids is 3. The Balaban J connectivity index is 1.09. The summed E-state index contributed by atoms with van der Waals surface area (Å²) in [6.45, 7) is 3.74. The van der Waals surface area contributed by atoms with Crippen molar-refractivity contribution in [2.24, 2.45) is 11.8 Å². The van der Waals surface area contributed by atoms with Gasteiger partial charge in [-0.25, -0.2) is 0 Å². The molecule has 0 bridgehead atoms. The largest absolute Gasteiger partial charge is 0.381 e. The molecule has 3 N–H and O–H groups in total. The molecule has 178 valence electrons. The van der Waals surface area contributed by atoms with E-state index >= 15 is 0 Å². The number of aromatic nitrogens is 1. The first-order valence-electron chi connectivity index (χ1n) is 11.8. The quantitative estimate of drug-likeness (QED) is 0.598. The zero-order chi connectivity index (χ0) is 23.5. The van der Waals surface area contributed by atoms with Gasteiger partial charge in [-0.15, -0.1) is 0 Å². The lowest BCUT2D eigenvalue weighted by Crippen LogP contribution is -2.36.